The predicted molar refractivity (Wildman–Crippen MR) is 87.7 cm³/mol. The number of nitrogens with zero attached hydrogens (tertiary/aromatic N) is 1. The fourth-order valence-electron chi connectivity index (χ4n) is 3.14. The Morgan fingerprint density at radius 3 is 2.60 bits per heavy atom. The van der Waals surface area contributed by atoms with Gasteiger partial charge < -0.3 is 4.90 Å². The Balaban J connectivity index is 2.11. The molecule has 0 N–H and O–H groups in total. The lowest BCUT2D eigenvalue weighted by molar-refractivity contribution is 0.338. The molecule has 1 atom stereocenters. The van der Waals surface area contributed by atoms with Crippen molar-refractivity contribution in [1.82, 2.24) is 4.90 Å². The molecule has 1 aliphatic rings. The van der Waals surface area contributed by atoms with Crippen LogP contribution in [0.3, 0.4) is 0 Å². The molecule has 0 spiro atoms. The highest BCUT2D eigenvalue weighted by Crippen LogP contribution is 2.35. The van der Waals surface area contributed by atoms with Gasteiger partial charge in [-0.3, -0.25) is 0 Å². The molecule has 0 saturated heterocycles. The molecular formula is C18H21NS. The Hall–Kier alpha value is -1.25. The van der Waals surface area contributed by atoms with Gasteiger partial charge in [0.25, 0.3) is 0 Å². The molecule has 20 heavy (non-hydrogen) atoms. The van der Waals surface area contributed by atoms with Crippen LogP contribution in [0.2, 0.25) is 0 Å². The van der Waals surface area contributed by atoms with E-state index in [9.17, 15) is 0 Å². The second-order valence-electron chi connectivity index (χ2n) is 5.50. The molecule has 0 saturated carbocycles. The van der Waals surface area contributed by atoms with Crippen molar-refractivity contribution in [1.29, 1.82) is 0 Å². The molecule has 3 rings (SSSR count). The highest BCUT2D eigenvalue weighted by molar-refractivity contribution is 7.98. The van der Waals surface area contributed by atoms with Crippen LogP contribution in [0.5, 0.6) is 0 Å². The van der Waals surface area contributed by atoms with Gasteiger partial charge >= 0.3 is 0 Å². The smallest absolute Gasteiger partial charge is 0.0220 e. The maximum Gasteiger partial charge on any atom is 0.0220 e. The van der Waals surface area contributed by atoms with E-state index in [1.54, 1.807) is 5.56 Å². The van der Waals surface area contributed by atoms with Crippen molar-refractivity contribution < 1.29 is 0 Å². The number of hydrogen-bond donors (Lipinski definition) is 0. The zero-order chi connectivity index (χ0) is 13.9. The van der Waals surface area contributed by atoms with Crippen molar-refractivity contribution in [3.05, 3.63) is 65.2 Å². The van der Waals surface area contributed by atoms with Gasteiger partial charge in [-0.15, -0.1) is 11.8 Å². The number of likely N-dealkylation sites (N-methyl/N-ethyl adjacent to an activating group) is 1. The van der Waals surface area contributed by atoms with Gasteiger partial charge in [0.2, 0.25) is 0 Å². The number of hydrogen-bond acceptors (Lipinski definition) is 2. The molecule has 0 aromatic heterocycles. The van der Waals surface area contributed by atoms with E-state index in [1.807, 2.05) is 11.8 Å². The maximum atomic E-state index is 2.46. The topological polar surface area (TPSA) is 3.24 Å². The lowest BCUT2D eigenvalue weighted by Crippen LogP contribution is -2.24. The maximum absolute atomic E-state index is 2.46. The minimum atomic E-state index is 0.491. The second kappa shape index (κ2) is 6.02. The summed E-state index contributed by atoms with van der Waals surface area (Å²) in [5.74, 6) is 0.491. The SMILES string of the molecule is CSc1cccc2c1CCN(C)CC2c1ccccc1. The molecule has 0 aliphatic carbocycles. The summed E-state index contributed by atoms with van der Waals surface area (Å²) < 4.78 is 0. The Kier molecular flexibility index (Phi) is 4.13. The van der Waals surface area contributed by atoms with E-state index in [4.69, 9.17) is 0 Å². The van der Waals surface area contributed by atoms with Gasteiger partial charge in [-0.05, 0) is 42.5 Å². The molecule has 1 aliphatic heterocycles. The first-order chi connectivity index (χ1) is 9.79. The molecule has 0 amide bonds. The third-order valence-electron chi connectivity index (χ3n) is 4.20. The van der Waals surface area contributed by atoms with Crippen molar-refractivity contribution in [3.63, 3.8) is 0 Å². The van der Waals surface area contributed by atoms with Gasteiger partial charge in [-0.1, -0.05) is 42.5 Å². The Morgan fingerprint density at radius 1 is 1.05 bits per heavy atom. The average molecular weight is 283 g/mol. The summed E-state index contributed by atoms with van der Waals surface area (Å²) in [6.07, 6.45) is 3.34. The average Bonchev–Trinajstić information content (AvgIpc) is 2.67. The van der Waals surface area contributed by atoms with Crippen molar-refractivity contribution in [2.24, 2.45) is 0 Å². The third kappa shape index (κ3) is 2.63. The predicted octanol–water partition coefficient (Wildman–Crippen LogP) is 4.03. The molecule has 1 nitrogen and oxygen atoms in total. The summed E-state index contributed by atoms with van der Waals surface area (Å²) in [6, 6.07) is 17.7. The van der Waals surface area contributed by atoms with Gasteiger partial charge in [-0.25, -0.2) is 0 Å². The van der Waals surface area contributed by atoms with Crippen molar-refractivity contribution >= 4 is 11.8 Å². The quantitative estimate of drug-likeness (QED) is 0.766. The monoisotopic (exact) mass is 283 g/mol. The molecule has 1 heterocycles. The zero-order valence-electron chi connectivity index (χ0n) is 12.2. The minimum absolute atomic E-state index is 0.491. The van der Waals surface area contributed by atoms with E-state index < -0.39 is 0 Å². The molecule has 0 fully saturated rings. The van der Waals surface area contributed by atoms with Gasteiger partial charge in [0.05, 0.1) is 0 Å². The van der Waals surface area contributed by atoms with Crippen molar-refractivity contribution in [2.75, 3.05) is 26.4 Å². The molecule has 0 bridgehead atoms. The van der Waals surface area contributed by atoms with Crippen LogP contribution in [0.15, 0.2) is 53.4 Å². The Morgan fingerprint density at radius 2 is 1.85 bits per heavy atom. The zero-order valence-corrected chi connectivity index (χ0v) is 13.0. The highest BCUT2D eigenvalue weighted by atomic mass is 32.2. The summed E-state index contributed by atoms with van der Waals surface area (Å²) in [4.78, 5) is 3.90. The molecular weight excluding hydrogens is 262 g/mol. The first-order valence-electron chi connectivity index (χ1n) is 7.19. The normalized spacial score (nSPS) is 19.4. The van der Waals surface area contributed by atoms with Gasteiger partial charge in [0.1, 0.15) is 0 Å². The lowest BCUT2D eigenvalue weighted by atomic mass is 9.88. The fourth-order valence-corrected chi connectivity index (χ4v) is 3.82. The summed E-state index contributed by atoms with van der Waals surface area (Å²) >= 11 is 1.87. The van der Waals surface area contributed by atoms with E-state index in [-0.39, 0.29) is 0 Å². The summed E-state index contributed by atoms with van der Waals surface area (Å²) in [7, 11) is 2.24. The number of rotatable bonds is 2. The van der Waals surface area contributed by atoms with Gasteiger partial charge in [0, 0.05) is 23.9 Å². The summed E-state index contributed by atoms with van der Waals surface area (Å²) in [5.41, 5.74) is 4.51. The molecule has 2 aromatic carbocycles. The third-order valence-corrected chi connectivity index (χ3v) is 5.03. The number of thioether (sulfide) groups is 1. The molecule has 104 valence electrons. The fraction of sp³-hybridized carbons (Fsp3) is 0.333. The minimum Gasteiger partial charge on any atom is -0.305 e. The number of fused-ring (bicyclic) bond motifs is 1. The van der Waals surface area contributed by atoms with Crippen LogP contribution in [0.1, 0.15) is 22.6 Å². The van der Waals surface area contributed by atoms with Gasteiger partial charge in [0.15, 0.2) is 0 Å². The van der Waals surface area contributed by atoms with Crippen LogP contribution in [0.4, 0.5) is 0 Å². The number of benzene rings is 2. The standard InChI is InChI=1S/C18H21NS/c1-19-12-11-16-15(9-6-10-18(16)20-2)17(13-19)14-7-4-3-5-8-14/h3-10,17H,11-13H2,1-2H3. The molecule has 2 aromatic rings. The largest absolute Gasteiger partial charge is 0.305 e. The van der Waals surface area contributed by atoms with E-state index in [0.717, 1.165) is 19.5 Å². The summed E-state index contributed by atoms with van der Waals surface area (Å²) in [5, 5.41) is 0. The molecule has 0 radical (unpaired) electrons. The lowest BCUT2D eigenvalue weighted by Gasteiger charge is -2.22. The van der Waals surface area contributed by atoms with Crippen LogP contribution in [-0.4, -0.2) is 31.3 Å². The van der Waals surface area contributed by atoms with E-state index >= 15 is 0 Å². The van der Waals surface area contributed by atoms with E-state index in [2.05, 4.69) is 66.7 Å². The van der Waals surface area contributed by atoms with Crippen LogP contribution in [0, 0.1) is 0 Å². The van der Waals surface area contributed by atoms with Gasteiger partial charge in [-0.2, -0.15) is 0 Å². The first-order valence-corrected chi connectivity index (χ1v) is 8.41. The van der Waals surface area contributed by atoms with E-state index in [1.165, 1.54) is 16.0 Å². The van der Waals surface area contributed by atoms with Crippen molar-refractivity contribution in [3.8, 4) is 0 Å². The van der Waals surface area contributed by atoms with Crippen LogP contribution < -0.4 is 0 Å². The van der Waals surface area contributed by atoms with Crippen LogP contribution in [-0.2, 0) is 6.42 Å². The Bertz CT molecular complexity index is 579. The van der Waals surface area contributed by atoms with Crippen LogP contribution >= 0.6 is 11.8 Å². The highest BCUT2D eigenvalue weighted by Gasteiger charge is 2.24. The molecule has 2 heteroatoms. The van der Waals surface area contributed by atoms with Crippen LogP contribution in [0.25, 0.3) is 0 Å². The molecule has 1 unspecified atom stereocenters. The Labute approximate surface area is 126 Å². The van der Waals surface area contributed by atoms with E-state index in [0.29, 0.717) is 5.92 Å². The van der Waals surface area contributed by atoms with Crippen molar-refractivity contribution in [2.45, 2.75) is 17.2 Å². The summed E-state index contributed by atoms with van der Waals surface area (Å²) in [6.45, 7) is 2.25. The second-order valence-corrected chi connectivity index (χ2v) is 6.35. The first kappa shape index (κ1) is 13.7.